The van der Waals surface area contributed by atoms with Gasteiger partial charge in [-0.15, -0.1) is 11.3 Å². The van der Waals surface area contributed by atoms with Gasteiger partial charge in [-0.25, -0.2) is 9.99 Å². The van der Waals surface area contributed by atoms with Gasteiger partial charge in [0.25, 0.3) is 0 Å². The molecule has 1 atom stereocenters. The highest BCUT2D eigenvalue weighted by molar-refractivity contribution is 7.14. The number of anilines is 1. The lowest BCUT2D eigenvalue weighted by molar-refractivity contribution is 0.404. The van der Waals surface area contributed by atoms with E-state index in [1.54, 1.807) is 23.5 Å². The van der Waals surface area contributed by atoms with Gasteiger partial charge in [-0.05, 0) is 65.8 Å². The maximum Gasteiger partial charge on any atom is 0.205 e. The fourth-order valence-electron chi connectivity index (χ4n) is 4.91. The molecule has 3 aromatic carbocycles. The second-order valence-electron chi connectivity index (χ2n) is 8.85. The Labute approximate surface area is 208 Å². The van der Waals surface area contributed by atoms with Crippen LogP contribution < -0.4 is 10.4 Å². The third-order valence-electron chi connectivity index (χ3n) is 6.58. The number of allylic oxidation sites excluding steroid dienone is 1. The van der Waals surface area contributed by atoms with Gasteiger partial charge in [0.1, 0.15) is 6.04 Å². The predicted octanol–water partition coefficient (Wildman–Crippen LogP) is 6.81. The fourth-order valence-corrected chi connectivity index (χ4v) is 5.73. The van der Waals surface area contributed by atoms with Gasteiger partial charge in [-0.3, -0.25) is 5.43 Å². The van der Waals surface area contributed by atoms with Crippen LogP contribution in [0.1, 0.15) is 36.4 Å². The van der Waals surface area contributed by atoms with Crippen molar-refractivity contribution in [3.63, 3.8) is 0 Å². The summed E-state index contributed by atoms with van der Waals surface area (Å²) in [6, 6.07) is 25.9. The molecule has 0 spiro atoms. The largest absolute Gasteiger partial charge is 0.504 e. The number of benzene rings is 3. The molecule has 0 bridgehead atoms. The Hall–Kier alpha value is -4.03. The van der Waals surface area contributed by atoms with Crippen LogP contribution in [0, 0.1) is 0 Å². The topological polar surface area (TPSA) is 68.6 Å². The SMILES string of the molecule is Oc1ccc(-c2csc(N3NC4=C(CCC/C4=C\c4ccccc4)[C@H]3c3ccccc3)n2)cc1O. The zero-order valence-electron chi connectivity index (χ0n) is 19.1. The van der Waals surface area contributed by atoms with Gasteiger partial charge in [-0.1, -0.05) is 60.7 Å². The van der Waals surface area contributed by atoms with E-state index in [0.29, 0.717) is 0 Å². The molecule has 3 N–H and O–H groups in total. The Balaban J connectivity index is 1.40. The normalized spacial score (nSPS) is 18.6. The standard InChI is InChI=1S/C29H25N3O2S/c33-25-15-14-21(17-26(25)34)24-18-35-29(30-24)32-28(20-10-5-2-6-11-20)23-13-7-12-22(27(23)31-32)16-19-8-3-1-4-9-19/h1-6,8-11,14-18,28,31,33-34H,7,12-13H2/b22-16+/t28-/m1/s1. The molecule has 1 aromatic heterocycles. The molecule has 2 aliphatic rings. The maximum absolute atomic E-state index is 9.95. The van der Waals surface area contributed by atoms with Crippen LogP contribution in [0.3, 0.4) is 0 Å². The van der Waals surface area contributed by atoms with E-state index in [4.69, 9.17) is 4.98 Å². The molecule has 0 fully saturated rings. The van der Waals surface area contributed by atoms with E-state index in [9.17, 15) is 10.2 Å². The van der Waals surface area contributed by atoms with Crippen LogP contribution >= 0.6 is 11.3 Å². The maximum atomic E-state index is 9.95. The summed E-state index contributed by atoms with van der Waals surface area (Å²) in [5.74, 6) is -0.282. The molecular weight excluding hydrogens is 454 g/mol. The zero-order chi connectivity index (χ0) is 23.8. The number of rotatable bonds is 4. The number of hydrogen-bond acceptors (Lipinski definition) is 6. The molecule has 174 valence electrons. The molecule has 0 radical (unpaired) electrons. The second kappa shape index (κ2) is 8.96. The third-order valence-corrected chi connectivity index (χ3v) is 7.42. The van der Waals surface area contributed by atoms with Crippen molar-refractivity contribution < 1.29 is 10.2 Å². The molecule has 0 saturated carbocycles. The summed E-state index contributed by atoms with van der Waals surface area (Å²) in [4.78, 5) is 4.92. The number of hydrogen-bond donors (Lipinski definition) is 3. The Morgan fingerprint density at radius 3 is 2.46 bits per heavy atom. The van der Waals surface area contributed by atoms with E-state index >= 15 is 0 Å². The van der Waals surface area contributed by atoms with Gasteiger partial charge in [0.15, 0.2) is 11.5 Å². The van der Waals surface area contributed by atoms with Gasteiger partial charge in [-0.2, -0.15) is 0 Å². The number of phenols is 2. The van der Waals surface area contributed by atoms with Gasteiger partial charge in [0, 0.05) is 10.9 Å². The summed E-state index contributed by atoms with van der Waals surface area (Å²) in [6.45, 7) is 0. The van der Waals surface area contributed by atoms with Crippen molar-refractivity contribution in [1.82, 2.24) is 10.4 Å². The molecule has 0 saturated heterocycles. The van der Waals surface area contributed by atoms with Gasteiger partial charge in [0.05, 0.1) is 11.4 Å². The average molecular weight is 480 g/mol. The Kier molecular flexibility index (Phi) is 5.51. The van der Waals surface area contributed by atoms with Crippen LogP contribution in [0.15, 0.2) is 101 Å². The van der Waals surface area contributed by atoms with Crippen LogP contribution in [0.25, 0.3) is 17.3 Å². The summed E-state index contributed by atoms with van der Waals surface area (Å²) < 4.78 is 0. The number of aromatic nitrogens is 1. The summed E-state index contributed by atoms with van der Waals surface area (Å²) in [6.07, 6.45) is 5.48. The van der Waals surface area contributed by atoms with Crippen molar-refractivity contribution in [2.24, 2.45) is 0 Å². The first-order valence-electron chi connectivity index (χ1n) is 11.7. The summed E-state index contributed by atoms with van der Waals surface area (Å²) in [7, 11) is 0. The van der Waals surface area contributed by atoms with Crippen LogP contribution in [0.4, 0.5) is 5.13 Å². The van der Waals surface area contributed by atoms with Crippen LogP contribution in [0.2, 0.25) is 0 Å². The minimum absolute atomic E-state index is 0.0536. The number of hydrazine groups is 1. The quantitative estimate of drug-likeness (QED) is 0.281. The molecular formula is C29H25N3O2S. The molecule has 5 nitrogen and oxygen atoms in total. The molecule has 6 heteroatoms. The molecule has 0 amide bonds. The molecule has 1 aliphatic carbocycles. The number of phenolic OH excluding ortho intramolecular Hbond substituents is 2. The highest BCUT2D eigenvalue weighted by Crippen LogP contribution is 2.46. The number of thiazole rings is 1. The molecule has 6 rings (SSSR count). The first-order chi connectivity index (χ1) is 17.2. The Bertz CT molecular complexity index is 1430. The van der Waals surface area contributed by atoms with Gasteiger partial charge < -0.3 is 10.2 Å². The number of nitrogens with zero attached hydrogens (tertiary/aromatic N) is 2. The van der Waals surface area contributed by atoms with E-state index in [-0.39, 0.29) is 17.5 Å². The van der Waals surface area contributed by atoms with Crippen molar-refractivity contribution in [2.45, 2.75) is 25.3 Å². The Morgan fingerprint density at radius 1 is 0.914 bits per heavy atom. The second-order valence-corrected chi connectivity index (χ2v) is 9.68. The Morgan fingerprint density at radius 2 is 1.69 bits per heavy atom. The first kappa shape index (κ1) is 21.5. The van der Waals surface area contributed by atoms with Crippen LogP contribution in [0.5, 0.6) is 11.5 Å². The molecule has 35 heavy (non-hydrogen) atoms. The van der Waals surface area contributed by atoms with Gasteiger partial charge >= 0.3 is 0 Å². The van der Waals surface area contributed by atoms with Crippen LogP contribution in [-0.4, -0.2) is 15.2 Å². The molecule has 2 heterocycles. The van der Waals surface area contributed by atoms with Crippen molar-refractivity contribution in [1.29, 1.82) is 0 Å². The van der Waals surface area contributed by atoms with Crippen LogP contribution in [-0.2, 0) is 0 Å². The molecule has 4 aromatic rings. The van der Waals surface area contributed by atoms with E-state index in [2.05, 4.69) is 65.0 Å². The van der Waals surface area contributed by atoms with Crippen molar-refractivity contribution >= 4 is 22.5 Å². The van der Waals surface area contributed by atoms with E-state index in [1.807, 2.05) is 17.5 Å². The lowest BCUT2D eigenvalue weighted by Gasteiger charge is -2.26. The van der Waals surface area contributed by atoms with E-state index in [1.165, 1.54) is 34.0 Å². The van der Waals surface area contributed by atoms with Crippen molar-refractivity contribution in [3.05, 3.63) is 112 Å². The monoisotopic (exact) mass is 479 g/mol. The first-order valence-corrected chi connectivity index (χ1v) is 12.6. The lowest BCUT2D eigenvalue weighted by Crippen LogP contribution is -2.34. The minimum atomic E-state index is -0.147. The predicted molar refractivity (Wildman–Crippen MR) is 141 cm³/mol. The zero-order valence-corrected chi connectivity index (χ0v) is 19.9. The third kappa shape index (κ3) is 4.06. The smallest absolute Gasteiger partial charge is 0.205 e. The summed E-state index contributed by atoms with van der Waals surface area (Å²) in [5.41, 5.74) is 11.6. The van der Waals surface area contributed by atoms with E-state index in [0.717, 1.165) is 35.7 Å². The fraction of sp³-hybridized carbons (Fsp3) is 0.138. The highest BCUT2D eigenvalue weighted by atomic mass is 32.1. The number of aromatic hydroxyl groups is 2. The molecule has 1 aliphatic heterocycles. The summed E-state index contributed by atoms with van der Waals surface area (Å²) in [5, 5.41) is 24.7. The van der Waals surface area contributed by atoms with Crippen molar-refractivity contribution in [2.75, 3.05) is 5.01 Å². The summed E-state index contributed by atoms with van der Waals surface area (Å²) >= 11 is 1.56. The lowest BCUT2D eigenvalue weighted by atomic mass is 9.86. The number of nitrogens with one attached hydrogen (secondary N) is 1. The van der Waals surface area contributed by atoms with E-state index < -0.39 is 0 Å². The van der Waals surface area contributed by atoms with Gasteiger partial charge in [0.2, 0.25) is 5.13 Å². The molecule has 0 unspecified atom stereocenters. The minimum Gasteiger partial charge on any atom is -0.504 e. The average Bonchev–Trinajstić information content (AvgIpc) is 3.53. The highest BCUT2D eigenvalue weighted by Gasteiger charge is 2.38. The van der Waals surface area contributed by atoms with Crippen molar-refractivity contribution in [3.8, 4) is 22.8 Å².